The molecule has 0 aromatic carbocycles. The summed E-state index contributed by atoms with van der Waals surface area (Å²) in [6, 6.07) is 0. The van der Waals surface area contributed by atoms with Gasteiger partial charge in [0.15, 0.2) is 0 Å². The normalized spacial score (nSPS) is 12.0. The molecule has 2 N–H and O–H groups in total. The van der Waals surface area contributed by atoms with Crippen LogP contribution in [0.4, 0.5) is 0 Å². The van der Waals surface area contributed by atoms with Crippen LogP contribution in [-0.2, 0) is 0 Å². The van der Waals surface area contributed by atoms with Crippen molar-refractivity contribution in [1.29, 1.82) is 0 Å². The molecule has 0 rings (SSSR count). The topological polar surface area (TPSA) is 40.5 Å². The smallest absolute Gasteiger partial charge is 0.0872 e. The van der Waals surface area contributed by atoms with E-state index in [4.69, 9.17) is 10.2 Å². The molecule has 0 aliphatic heterocycles. The molecule has 0 spiro atoms. The Morgan fingerprint density at radius 1 is 0.818 bits per heavy atom. The number of hydrogen-bond acceptors (Lipinski definition) is 2. The van der Waals surface area contributed by atoms with Gasteiger partial charge in [-0.05, 0) is 27.7 Å². The summed E-state index contributed by atoms with van der Waals surface area (Å²) in [6.45, 7) is 10.8. The third-order valence-corrected chi connectivity index (χ3v) is 1.50. The van der Waals surface area contributed by atoms with Gasteiger partial charge in [0.1, 0.15) is 0 Å². The molecule has 0 heterocycles. The maximum absolute atomic E-state index is 9.10. The van der Waals surface area contributed by atoms with E-state index in [9.17, 15) is 0 Å². The van der Waals surface area contributed by atoms with E-state index in [1.54, 1.807) is 27.7 Å². The Balaban J connectivity index is 0. The van der Waals surface area contributed by atoms with Gasteiger partial charge in [-0.25, -0.2) is 0 Å². The molecule has 0 saturated carbocycles. The van der Waals surface area contributed by atoms with E-state index < -0.39 is 11.2 Å². The maximum Gasteiger partial charge on any atom is 0.0872 e. The van der Waals surface area contributed by atoms with E-state index >= 15 is 0 Å². The lowest BCUT2D eigenvalue weighted by molar-refractivity contribution is -0.107. The third-order valence-electron chi connectivity index (χ3n) is 1.50. The van der Waals surface area contributed by atoms with Gasteiger partial charge in [-0.1, -0.05) is 13.1 Å². The number of hydrogen-bond donors (Lipinski definition) is 2. The van der Waals surface area contributed by atoms with Crippen molar-refractivity contribution < 1.29 is 10.2 Å². The van der Waals surface area contributed by atoms with Crippen molar-refractivity contribution in [3.63, 3.8) is 0 Å². The van der Waals surface area contributed by atoms with Crippen molar-refractivity contribution in [1.82, 2.24) is 0 Å². The predicted octanol–water partition coefficient (Wildman–Crippen LogP) is 0.780. The van der Waals surface area contributed by atoms with Crippen LogP contribution < -0.4 is 0 Å². The summed E-state index contributed by atoms with van der Waals surface area (Å²) in [5.74, 6) is 0. The van der Waals surface area contributed by atoms with Crippen molar-refractivity contribution in [2.75, 3.05) is 0 Å². The Morgan fingerprint density at radius 2 is 0.909 bits per heavy atom. The van der Waals surface area contributed by atoms with Crippen molar-refractivity contribution in [2.45, 2.75) is 52.0 Å². The molecule has 0 aliphatic rings. The van der Waals surface area contributed by atoms with Gasteiger partial charge < -0.3 is 10.2 Å². The molecule has 11 heavy (non-hydrogen) atoms. The van der Waals surface area contributed by atoms with Crippen LogP contribution in [0.2, 0.25) is 13.1 Å². The fraction of sp³-hybridized carbons (Fsp3) is 1.00. The Labute approximate surface area is 72.5 Å². The van der Waals surface area contributed by atoms with Crippen LogP contribution in [0, 0.1) is 0 Å². The van der Waals surface area contributed by atoms with Gasteiger partial charge in [0.25, 0.3) is 0 Å². The minimum Gasteiger partial charge on any atom is -0.387 e. The van der Waals surface area contributed by atoms with Crippen molar-refractivity contribution in [3.05, 3.63) is 0 Å². The Hall–Kier alpha value is 0.137. The fourth-order valence-electron chi connectivity index (χ4n) is 0. The third kappa shape index (κ3) is 8.04. The standard InChI is InChI=1S/C6H14O2.C2H8Si/c1-5(2,7)6(3,4)8;1-3-2/h7-8H,1-4H3;3H2,1-2H3. The highest BCUT2D eigenvalue weighted by atomic mass is 28.2. The molecule has 0 radical (unpaired) electrons. The molecule has 0 unspecified atom stereocenters. The molecule has 0 atom stereocenters. The number of rotatable bonds is 1. The van der Waals surface area contributed by atoms with Gasteiger partial charge in [0.05, 0.1) is 11.2 Å². The largest absolute Gasteiger partial charge is 0.387 e. The summed E-state index contributed by atoms with van der Waals surface area (Å²) in [4.78, 5) is 0. The van der Waals surface area contributed by atoms with E-state index in [-0.39, 0.29) is 0 Å². The molecule has 0 bridgehead atoms. The van der Waals surface area contributed by atoms with Gasteiger partial charge in [0.2, 0.25) is 0 Å². The summed E-state index contributed by atoms with van der Waals surface area (Å²) in [5, 5.41) is 18.2. The quantitative estimate of drug-likeness (QED) is 0.583. The molecule has 70 valence electrons. The molecule has 0 aromatic rings. The molecular formula is C8H22O2Si. The SMILES string of the molecule is CC(C)(O)C(C)(C)O.C[SiH2]C. The summed E-state index contributed by atoms with van der Waals surface area (Å²) in [5.41, 5.74) is -2.01. The highest BCUT2D eigenvalue weighted by molar-refractivity contribution is 6.31. The van der Waals surface area contributed by atoms with Crippen LogP contribution in [0.25, 0.3) is 0 Å². The summed E-state index contributed by atoms with van der Waals surface area (Å²) >= 11 is 0. The van der Waals surface area contributed by atoms with Gasteiger partial charge in [-0.15, -0.1) is 0 Å². The van der Waals surface area contributed by atoms with E-state index in [1.807, 2.05) is 0 Å². The summed E-state index contributed by atoms with van der Waals surface area (Å²) in [7, 11) is 0.417. The van der Waals surface area contributed by atoms with Crippen molar-refractivity contribution in [2.24, 2.45) is 0 Å². The summed E-state index contributed by atoms with van der Waals surface area (Å²) in [6.07, 6.45) is 0. The lowest BCUT2D eigenvalue weighted by atomic mass is 9.90. The first-order chi connectivity index (χ1) is 4.66. The highest BCUT2D eigenvalue weighted by Gasteiger charge is 2.31. The number of aliphatic hydroxyl groups is 2. The van der Waals surface area contributed by atoms with Crippen molar-refractivity contribution in [3.8, 4) is 0 Å². The Kier molecular flexibility index (Phi) is 6.11. The molecule has 0 amide bonds. The zero-order valence-corrected chi connectivity index (χ0v) is 10.0. The zero-order valence-electron chi connectivity index (χ0n) is 8.60. The molecule has 3 heteroatoms. The molecule has 0 saturated heterocycles. The average Bonchev–Trinajstić information content (AvgIpc) is 1.60. The van der Waals surface area contributed by atoms with E-state index in [0.29, 0.717) is 9.52 Å². The first-order valence-corrected chi connectivity index (χ1v) is 6.94. The molecule has 0 fully saturated rings. The van der Waals surface area contributed by atoms with Gasteiger partial charge in [-0.3, -0.25) is 0 Å². The minimum absolute atomic E-state index is 0.417. The second-order valence-corrected chi connectivity index (χ2v) is 5.24. The van der Waals surface area contributed by atoms with Gasteiger partial charge in [-0.2, -0.15) is 0 Å². The second kappa shape index (κ2) is 4.90. The Bertz CT molecular complexity index is 77.2. The fourth-order valence-corrected chi connectivity index (χ4v) is 0. The van der Waals surface area contributed by atoms with E-state index in [1.165, 1.54) is 0 Å². The van der Waals surface area contributed by atoms with Crippen LogP contribution in [0.1, 0.15) is 27.7 Å². The minimum atomic E-state index is -1.01. The Morgan fingerprint density at radius 3 is 0.909 bits per heavy atom. The molecule has 0 aliphatic carbocycles. The lowest BCUT2D eigenvalue weighted by Crippen LogP contribution is -2.44. The maximum atomic E-state index is 9.10. The second-order valence-electron chi connectivity index (χ2n) is 3.83. The van der Waals surface area contributed by atoms with Crippen molar-refractivity contribution >= 4 is 9.52 Å². The molecule has 2 nitrogen and oxygen atoms in total. The van der Waals surface area contributed by atoms with Crippen LogP contribution in [0.5, 0.6) is 0 Å². The van der Waals surface area contributed by atoms with E-state index in [0.717, 1.165) is 0 Å². The van der Waals surface area contributed by atoms with Gasteiger partial charge in [0, 0.05) is 9.52 Å². The molecular weight excluding hydrogens is 156 g/mol. The monoisotopic (exact) mass is 178 g/mol. The first kappa shape index (κ1) is 13.7. The van der Waals surface area contributed by atoms with E-state index in [2.05, 4.69) is 13.1 Å². The van der Waals surface area contributed by atoms with Crippen LogP contribution >= 0.6 is 0 Å². The zero-order chi connectivity index (χ0) is 9.71. The van der Waals surface area contributed by atoms with Crippen LogP contribution in [0.15, 0.2) is 0 Å². The average molecular weight is 178 g/mol. The summed E-state index contributed by atoms with van der Waals surface area (Å²) < 4.78 is 0. The first-order valence-electron chi connectivity index (χ1n) is 4.11. The highest BCUT2D eigenvalue weighted by Crippen LogP contribution is 2.19. The lowest BCUT2D eigenvalue weighted by Gasteiger charge is -2.31. The predicted molar refractivity (Wildman–Crippen MR) is 52.9 cm³/mol. The molecule has 0 aromatic heterocycles. The van der Waals surface area contributed by atoms with Gasteiger partial charge >= 0.3 is 0 Å². The van der Waals surface area contributed by atoms with Crippen LogP contribution in [-0.4, -0.2) is 30.9 Å². The van der Waals surface area contributed by atoms with Crippen LogP contribution in [0.3, 0.4) is 0 Å².